The normalized spacial score (nSPS) is 10.3. The predicted molar refractivity (Wildman–Crippen MR) is 85.4 cm³/mol. The Bertz CT molecular complexity index is 811. The molecule has 1 amide bonds. The summed E-state index contributed by atoms with van der Waals surface area (Å²) in [4.78, 5) is 16.6. The molecule has 0 spiro atoms. The topological polar surface area (TPSA) is 77.2 Å². The summed E-state index contributed by atoms with van der Waals surface area (Å²) < 4.78 is 10.2. The summed E-state index contributed by atoms with van der Waals surface area (Å²) in [5.41, 5.74) is 2.31. The highest BCUT2D eigenvalue weighted by molar-refractivity contribution is 6.08. The number of aryl methyl sites for hydroxylation is 1. The van der Waals surface area contributed by atoms with E-state index in [4.69, 9.17) is 9.26 Å². The van der Waals surface area contributed by atoms with Crippen molar-refractivity contribution in [2.45, 2.75) is 6.92 Å². The van der Waals surface area contributed by atoms with E-state index < -0.39 is 0 Å². The summed E-state index contributed by atoms with van der Waals surface area (Å²) in [6.07, 6.45) is 1.53. The van der Waals surface area contributed by atoms with Crippen molar-refractivity contribution in [1.82, 2.24) is 10.1 Å². The lowest BCUT2D eigenvalue weighted by Gasteiger charge is -2.06. The Kier molecular flexibility index (Phi) is 4.05. The number of carbonyl (C=O) groups is 1. The first-order valence-electron chi connectivity index (χ1n) is 7.02. The molecule has 2 heterocycles. The zero-order valence-corrected chi connectivity index (χ0v) is 12.7. The smallest absolute Gasteiger partial charge is 0.261 e. The zero-order chi connectivity index (χ0) is 16.2. The Morgan fingerprint density at radius 3 is 2.61 bits per heavy atom. The van der Waals surface area contributed by atoms with E-state index >= 15 is 0 Å². The van der Waals surface area contributed by atoms with E-state index in [0.29, 0.717) is 28.6 Å². The van der Waals surface area contributed by atoms with E-state index in [1.165, 1.54) is 13.3 Å². The highest BCUT2D eigenvalue weighted by atomic mass is 16.5. The molecule has 0 saturated heterocycles. The summed E-state index contributed by atoms with van der Waals surface area (Å²) in [6.45, 7) is 1.71. The first-order valence-corrected chi connectivity index (χ1v) is 7.02. The zero-order valence-electron chi connectivity index (χ0n) is 12.7. The van der Waals surface area contributed by atoms with Crippen LogP contribution in [-0.2, 0) is 0 Å². The van der Waals surface area contributed by atoms with Crippen LogP contribution in [0.2, 0.25) is 0 Å². The fraction of sp³-hybridized carbons (Fsp3) is 0.118. The summed E-state index contributed by atoms with van der Waals surface area (Å²) in [5.74, 6) is 0.645. The fourth-order valence-corrected chi connectivity index (χ4v) is 2.20. The van der Waals surface area contributed by atoms with Gasteiger partial charge in [-0.3, -0.25) is 4.79 Å². The van der Waals surface area contributed by atoms with Gasteiger partial charge in [-0.2, -0.15) is 0 Å². The predicted octanol–water partition coefficient (Wildman–Crippen LogP) is 3.31. The van der Waals surface area contributed by atoms with Gasteiger partial charge in [0.2, 0.25) is 5.88 Å². The third kappa shape index (κ3) is 3.06. The monoisotopic (exact) mass is 309 g/mol. The average Bonchev–Trinajstić information content (AvgIpc) is 2.98. The molecule has 0 atom stereocenters. The van der Waals surface area contributed by atoms with E-state index in [1.54, 1.807) is 19.1 Å². The molecule has 6 heteroatoms. The lowest BCUT2D eigenvalue weighted by Crippen LogP contribution is -2.13. The number of nitrogens with one attached hydrogen (secondary N) is 1. The summed E-state index contributed by atoms with van der Waals surface area (Å²) in [5, 5.41) is 6.79. The molecule has 0 aliphatic heterocycles. The van der Waals surface area contributed by atoms with E-state index in [1.807, 2.05) is 30.3 Å². The minimum Gasteiger partial charge on any atom is -0.481 e. The fourth-order valence-electron chi connectivity index (χ4n) is 2.20. The van der Waals surface area contributed by atoms with Crippen LogP contribution in [-0.4, -0.2) is 23.2 Å². The van der Waals surface area contributed by atoms with Crippen LogP contribution < -0.4 is 10.1 Å². The molecule has 0 fully saturated rings. The number of hydrogen-bond donors (Lipinski definition) is 1. The van der Waals surface area contributed by atoms with Gasteiger partial charge in [0.1, 0.15) is 17.0 Å². The van der Waals surface area contributed by atoms with Crippen molar-refractivity contribution in [3.63, 3.8) is 0 Å². The highest BCUT2D eigenvalue weighted by Crippen LogP contribution is 2.26. The molecule has 6 nitrogen and oxygen atoms in total. The number of hydrogen-bond acceptors (Lipinski definition) is 5. The maximum absolute atomic E-state index is 12.6. The molecule has 1 N–H and O–H groups in total. The van der Waals surface area contributed by atoms with Crippen LogP contribution in [0.5, 0.6) is 5.88 Å². The molecule has 3 rings (SSSR count). The van der Waals surface area contributed by atoms with Crippen molar-refractivity contribution < 1.29 is 14.1 Å². The molecule has 0 aliphatic rings. The third-order valence-corrected chi connectivity index (χ3v) is 3.34. The molecule has 0 bridgehead atoms. The molecule has 3 aromatic rings. The maximum Gasteiger partial charge on any atom is 0.261 e. The lowest BCUT2D eigenvalue weighted by molar-refractivity contribution is 0.102. The number of anilines is 1. The third-order valence-electron chi connectivity index (χ3n) is 3.34. The number of ether oxygens (including phenoxy) is 1. The van der Waals surface area contributed by atoms with E-state index in [-0.39, 0.29) is 5.91 Å². The van der Waals surface area contributed by atoms with Gasteiger partial charge in [0, 0.05) is 11.6 Å². The molecule has 1 aromatic carbocycles. The van der Waals surface area contributed by atoms with Crippen molar-refractivity contribution in [1.29, 1.82) is 0 Å². The van der Waals surface area contributed by atoms with Crippen LogP contribution in [0.1, 0.15) is 16.1 Å². The standard InChI is InChI=1S/C17H15N3O3/c1-11-15(16(20-23-11)12-6-4-3-5-7-12)17(21)19-13-8-9-14(22-2)18-10-13/h3-10H,1-2H3,(H,19,21). The minimum absolute atomic E-state index is 0.297. The Labute approximate surface area is 133 Å². The van der Waals surface area contributed by atoms with Gasteiger partial charge in [0.05, 0.1) is 19.0 Å². The molecule has 0 unspecified atom stereocenters. The van der Waals surface area contributed by atoms with E-state index in [9.17, 15) is 4.79 Å². The van der Waals surface area contributed by atoms with Crippen molar-refractivity contribution >= 4 is 11.6 Å². The number of benzene rings is 1. The maximum atomic E-state index is 12.6. The van der Waals surface area contributed by atoms with Gasteiger partial charge in [-0.15, -0.1) is 0 Å². The number of pyridine rings is 1. The Morgan fingerprint density at radius 2 is 1.96 bits per heavy atom. The van der Waals surface area contributed by atoms with Crippen molar-refractivity contribution in [2.75, 3.05) is 12.4 Å². The molecule has 0 saturated carbocycles. The van der Waals surface area contributed by atoms with Gasteiger partial charge in [-0.1, -0.05) is 35.5 Å². The van der Waals surface area contributed by atoms with Crippen LogP contribution in [0.15, 0.2) is 53.2 Å². The van der Waals surface area contributed by atoms with Gasteiger partial charge in [0.15, 0.2) is 0 Å². The number of amides is 1. The second kappa shape index (κ2) is 6.31. The average molecular weight is 309 g/mol. The summed E-state index contributed by atoms with van der Waals surface area (Å²) in [7, 11) is 1.53. The van der Waals surface area contributed by atoms with Gasteiger partial charge in [-0.25, -0.2) is 4.98 Å². The highest BCUT2D eigenvalue weighted by Gasteiger charge is 2.21. The Morgan fingerprint density at radius 1 is 1.17 bits per heavy atom. The molecule has 0 radical (unpaired) electrons. The molecule has 0 aliphatic carbocycles. The number of aromatic nitrogens is 2. The first kappa shape index (κ1) is 14.8. The van der Waals surface area contributed by atoms with Crippen LogP contribution in [0.4, 0.5) is 5.69 Å². The number of methoxy groups -OCH3 is 1. The molecular weight excluding hydrogens is 294 g/mol. The van der Waals surface area contributed by atoms with Crippen LogP contribution >= 0.6 is 0 Å². The quantitative estimate of drug-likeness (QED) is 0.800. The van der Waals surface area contributed by atoms with E-state index in [0.717, 1.165) is 5.56 Å². The van der Waals surface area contributed by atoms with Gasteiger partial charge in [0.25, 0.3) is 5.91 Å². The number of carbonyl (C=O) groups excluding carboxylic acids is 1. The number of nitrogens with zero attached hydrogens (tertiary/aromatic N) is 2. The number of rotatable bonds is 4. The van der Waals surface area contributed by atoms with Crippen molar-refractivity contribution in [2.24, 2.45) is 0 Å². The second-order valence-electron chi connectivity index (χ2n) is 4.87. The molecular formula is C17H15N3O3. The van der Waals surface area contributed by atoms with Gasteiger partial charge >= 0.3 is 0 Å². The summed E-state index contributed by atoms with van der Waals surface area (Å²) >= 11 is 0. The second-order valence-corrected chi connectivity index (χ2v) is 4.87. The first-order chi connectivity index (χ1) is 11.2. The lowest BCUT2D eigenvalue weighted by atomic mass is 10.1. The van der Waals surface area contributed by atoms with Crippen molar-refractivity contribution in [3.05, 3.63) is 60.0 Å². The van der Waals surface area contributed by atoms with E-state index in [2.05, 4.69) is 15.5 Å². The van der Waals surface area contributed by atoms with Crippen LogP contribution in [0, 0.1) is 6.92 Å². The minimum atomic E-state index is -0.297. The SMILES string of the molecule is COc1ccc(NC(=O)c2c(-c3ccccc3)noc2C)cn1. The van der Waals surface area contributed by atoms with Crippen LogP contribution in [0.25, 0.3) is 11.3 Å². The van der Waals surface area contributed by atoms with Gasteiger partial charge < -0.3 is 14.6 Å². The van der Waals surface area contributed by atoms with Crippen LogP contribution in [0.3, 0.4) is 0 Å². The Hall–Kier alpha value is -3.15. The molecule has 23 heavy (non-hydrogen) atoms. The van der Waals surface area contributed by atoms with Gasteiger partial charge in [-0.05, 0) is 13.0 Å². The summed E-state index contributed by atoms with van der Waals surface area (Å²) in [6, 6.07) is 12.8. The molecule has 2 aromatic heterocycles. The largest absolute Gasteiger partial charge is 0.481 e. The van der Waals surface area contributed by atoms with Crippen molar-refractivity contribution in [3.8, 4) is 17.1 Å². The molecule has 116 valence electrons. The Balaban J connectivity index is 1.89.